The summed E-state index contributed by atoms with van der Waals surface area (Å²) in [7, 11) is 0. The third-order valence-electron chi connectivity index (χ3n) is 11.8. The average molecular weight is 806 g/mol. The lowest BCUT2D eigenvalue weighted by Crippen LogP contribution is -2.45. The van der Waals surface area contributed by atoms with Crippen LogP contribution in [0.25, 0.3) is 0 Å². The second kappa shape index (κ2) is 47.3. The van der Waals surface area contributed by atoms with Crippen LogP contribution in [0.15, 0.2) is 12.2 Å². The lowest BCUT2D eigenvalue weighted by atomic mass is 10.0. The first-order valence-corrected chi connectivity index (χ1v) is 25.5. The molecule has 0 fully saturated rings. The van der Waals surface area contributed by atoms with Gasteiger partial charge in [-0.25, -0.2) is 0 Å². The van der Waals surface area contributed by atoms with Crippen molar-refractivity contribution in [1.29, 1.82) is 0 Å². The molecule has 0 spiro atoms. The Balaban J connectivity index is 3.51. The van der Waals surface area contributed by atoms with Gasteiger partial charge in [0.25, 0.3) is 0 Å². The Labute approximate surface area is 355 Å². The quantitative estimate of drug-likeness (QED) is 0.0323. The van der Waals surface area contributed by atoms with Crippen molar-refractivity contribution in [3.63, 3.8) is 0 Å². The molecule has 0 radical (unpaired) electrons. The van der Waals surface area contributed by atoms with Crippen LogP contribution >= 0.6 is 0 Å². The predicted molar refractivity (Wildman–Crippen MR) is 246 cm³/mol. The Hall–Kier alpha value is -1.40. The van der Waals surface area contributed by atoms with Crippen LogP contribution in [-0.2, 0) is 14.3 Å². The molecule has 1 amide bonds. The first kappa shape index (κ1) is 55.6. The van der Waals surface area contributed by atoms with Gasteiger partial charge in [-0.05, 0) is 32.1 Å². The molecule has 0 saturated heterocycles. The van der Waals surface area contributed by atoms with Crippen LogP contribution in [0.3, 0.4) is 0 Å². The van der Waals surface area contributed by atoms with Gasteiger partial charge in [0.05, 0.1) is 25.4 Å². The summed E-state index contributed by atoms with van der Waals surface area (Å²) in [5, 5.41) is 23.1. The van der Waals surface area contributed by atoms with E-state index >= 15 is 0 Å². The Bertz CT molecular complexity index is 847. The van der Waals surface area contributed by atoms with Crippen LogP contribution in [0.1, 0.15) is 277 Å². The maximum Gasteiger partial charge on any atom is 0.305 e. The molecule has 0 aromatic rings. The Kier molecular flexibility index (Phi) is 46.1. The van der Waals surface area contributed by atoms with E-state index in [0.717, 1.165) is 57.8 Å². The van der Waals surface area contributed by atoms with E-state index in [4.69, 9.17) is 4.74 Å². The van der Waals surface area contributed by atoms with E-state index in [2.05, 4.69) is 19.2 Å². The third-order valence-corrected chi connectivity index (χ3v) is 11.8. The number of ether oxygens (including phenoxy) is 1. The van der Waals surface area contributed by atoms with E-state index in [1.165, 1.54) is 193 Å². The highest BCUT2D eigenvalue weighted by Crippen LogP contribution is 2.16. The molecule has 0 bridgehead atoms. The van der Waals surface area contributed by atoms with Gasteiger partial charge in [-0.1, -0.05) is 244 Å². The van der Waals surface area contributed by atoms with Crippen LogP contribution in [0.5, 0.6) is 0 Å². The highest BCUT2D eigenvalue weighted by atomic mass is 16.5. The van der Waals surface area contributed by atoms with E-state index < -0.39 is 12.1 Å². The maximum atomic E-state index is 12.4. The number of allylic oxidation sites excluding steroid dienone is 1. The number of nitrogens with one attached hydrogen (secondary N) is 1. The van der Waals surface area contributed by atoms with Crippen molar-refractivity contribution in [2.45, 2.75) is 289 Å². The summed E-state index contributed by atoms with van der Waals surface area (Å²) in [5.41, 5.74) is 0. The van der Waals surface area contributed by atoms with Crippen LogP contribution in [0, 0.1) is 0 Å². The normalized spacial score (nSPS) is 12.7. The number of rotatable bonds is 47. The Morgan fingerprint density at radius 3 is 1.19 bits per heavy atom. The second-order valence-corrected chi connectivity index (χ2v) is 17.5. The number of esters is 1. The number of hydrogen-bond acceptors (Lipinski definition) is 5. The minimum absolute atomic E-state index is 0.0191. The van der Waals surface area contributed by atoms with Crippen molar-refractivity contribution in [1.82, 2.24) is 5.32 Å². The van der Waals surface area contributed by atoms with Crippen molar-refractivity contribution >= 4 is 11.9 Å². The van der Waals surface area contributed by atoms with Crippen LogP contribution in [0.4, 0.5) is 0 Å². The lowest BCUT2D eigenvalue weighted by molar-refractivity contribution is -0.143. The highest BCUT2D eigenvalue weighted by molar-refractivity contribution is 5.76. The number of aliphatic hydroxyl groups excluding tert-OH is 2. The minimum atomic E-state index is -0.857. The van der Waals surface area contributed by atoms with E-state index in [9.17, 15) is 19.8 Å². The molecular weight excluding hydrogens is 707 g/mol. The number of carbonyl (C=O) groups is 2. The molecular formula is C51H99NO5. The van der Waals surface area contributed by atoms with Gasteiger partial charge < -0.3 is 20.3 Å². The summed E-state index contributed by atoms with van der Waals surface area (Å²) in [5.74, 6) is -0.108. The standard InChI is InChI=1S/C51H99NO5/c1-3-5-7-9-11-13-15-17-18-19-20-22-23-27-31-35-39-43-49(54)48(47-53)52-50(55)44-40-36-32-28-25-26-30-34-38-42-46-57-51(56)45-41-37-33-29-24-21-16-14-12-10-8-6-4-2/h39,43,48-49,53-54H,3-38,40-42,44-47H2,1-2H3,(H,52,55)/b43-39+. The summed E-state index contributed by atoms with van der Waals surface area (Å²) in [6.45, 7) is 4.86. The molecule has 0 saturated carbocycles. The molecule has 3 N–H and O–H groups in total. The molecule has 6 nitrogen and oxygen atoms in total. The fraction of sp³-hybridized carbons (Fsp3) is 0.922. The SMILES string of the molecule is CCCCCCCCCCCCCCCCC/C=C/C(O)C(CO)NC(=O)CCCCCCCCCCCCOC(=O)CCCCCCCCCCCCCCC. The molecule has 0 heterocycles. The van der Waals surface area contributed by atoms with Gasteiger partial charge >= 0.3 is 5.97 Å². The van der Waals surface area contributed by atoms with E-state index in [0.29, 0.717) is 19.4 Å². The first-order valence-electron chi connectivity index (χ1n) is 25.5. The molecule has 0 aliphatic rings. The van der Waals surface area contributed by atoms with Gasteiger partial charge in [-0.3, -0.25) is 9.59 Å². The van der Waals surface area contributed by atoms with Crippen LogP contribution in [0.2, 0.25) is 0 Å². The van der Waals surface area contributed by atoms with Crippen molar-refractivity contribution in [2.75, 3.05) is 13.2 Å². The summed E-state index contributed by atoms with van der Waals surface area (Å²) in [4.78, 5) is 24.4. The molecule has 2 atom stereocenters. The largest absolute Gasteiger partial charge is 0.466 e. The maximum absolute atomic E-state index is 12.4. The summed E-state index contributed by atoms with van der Waals surface area (Å²) < 4.78 is 5.45. The van der Waals surface area contributed by atoms with Crippen molar-refractivity contribution < 1.29 is 24.5 Å². The lowest BCUT2D eigenvalue weighted by Gasteiger charge is -2.20. The zero-order chi connectivity index (χ0) is 41.5. The van der Waals surface area contributed by atoms with E-state index in [1.54, 1.807) is 6.08 Å². The van der Waals surface area contributed by atoms with Gasteiger partial charge in [0, 0.05) is 12.8 Å². The molecule has 0 aliphatic carbocycles. The topological polar surface area (TPSA) is 95.9 Å². The summed E-state index contributed by atoms with van der Waals surface area (Å²) >= 11 is 0. The molecule has 0 aromatic carbocycles. The van der Waals surface area contributed by atoms with E-state index in [1.807, 2.05) is 6.08 Å². The third kappa shape index (κ3) is 44.0. The van der Waals surface area contributed by atoms with Gasteiger partial charge in [0.2, 0.25) is 5.91 Å². The summed E-state index contributed by atoms with van der Waals surface area (Å²) in [6.07, 6.45) is 53.4. The van der Waals surface area contributed by atoms with Gasteiger partial charge in [-0.15, -0.1) is 0 Å². The number of carbonyl (C=O) groups excluding carboxylic acids is 2. The van der Waals surface area contributed by atoms with Crippen molar-refractivity contribution in [3.8, 4) is 0 Å². The fourth-order valence-corrected chi connectivity index (χ4v) is 7.87. The highest BCUT2D eigenvalue weighted by Gasteiger charge is 2.18. The van der Waals surface area contributed by atoms with Crippen molar-refractivity contribution in [2.24, 2.45) is 0 Å². The molecule has 0 rings (SSSR count). The zero-order valence-electron chi connectivity index (χ0n) is 38.3. The monoisotopic (exact) mass is 806 g/mol. The molecule has 0 aromatic heterocycles. The Morgan fingerprint density at radius 1 is 0.474 bits per heavy atom. The van der Waals surface area contributed by atoms with Crippen molar-refractivity contribution in [3.05, 3.63) is 12.2 Å². The zero-order valence-corrected chi connectivity index (χ0v) is 38.3. The van der Waals surface area contributed by atoms with E-state index in [-0.39, 0.29) is 18.5 Å². The Morgan fingerprint density at radius 2 is 0.807 bits per heavy atom. The molecule has 0 aliphatic heterocycles. The molecule has 6 heteroatoms. The predicted octanol–water partition coefficient (Wildman–Crippen LogP) is 15.0. The van der Waals surface area contributed by atoms with Crippen LogP contribution in [-0.4, -0.2) is 47.4 Å². The minimum Gasteiger partial charge on any atom is -0.466 e. The fourth-order valence-electron chi connectivity index (χ4n) is 7.87. The smallest absolute Gasteiger partial charge is 0.305 e. The molecule has 2 unspecified atom stereocenters. The summed E-state index contributed by atoms with van der Waals surface area (Å²) in [6, 6.07) is -0.643. The average Bonchev–Trinajstić information content (AvgIpc) is 3.21. The number of aliphatic hydroxyl groups is 2. The van der Waals surface area contributed by atoms with Gasteiger partial charge in [0.15, 0.2) is 0 Å². The van der Waals surface area contributed by atoms with Gasteiger partial charge in [0.1, 0.15) is 0 Å². The number of hydrogen-bond donors (Lipinski definition) is 3. The number of unbranched alkanes of at least 4 members (excludes halogenated alkanes) is 36. The first-order chi connectivity index (χ1) is 28.0. The number of amides is 1. The molecule has 57 heavy (non-hydrogen) atoms. The van der Waals surface area contributed by atoms with Crippen LogP contribution < -0.4 is 5.32 Å². The van der Waals surface area contributed by atoms with Gasteiger partial charge in [-0.2, -0.15) is 0 Å². The second-order valence-electron chi connectivity index (χ2n) is 17.5. The molecule has 338 valence electrons.